The van der Waals surface area contributed by atoms with Crippen LogP contribution in [0.5, 0.6) is 0 Å². The molecule has 0 bridgehead atoms. The minimum Gasteiger partial charge on any atom is -0.461 e. The summed E-state index contributed by atoms with van der Waals surface area (Å²) in [6.45, 7) is 5.94. The van der Waals surface area contributed by atoms with Gasteiger partial charge >= 0.3 is 13.6 Å². The second kappa shape index (κ2) is 11.4. The van der Waals surface area contributed by atoms with E-state index in [-0.39, 0.29) is 12.8 Å². The van der Waals surface area contributed by atoms with Gasteiger partial charge in [0, 0.05) is 24.8 Å². The molecule has 9 heteroatoms. The van der Waals surface area contributed by atoms with E-state index in [9.17, 15) is 14.2 Å². The summed E-state index contributed by atoms with van der Waals surface area (Å²) in [7, 11) is -3.90. The molecule has 22 heavy (non-hydrogen) atoms. The van der Waals surface area contributed by atoms with Crippen LogP contribution in [-0.4, -0.2) is 53.0 Å². The maximum atomic E-state index is 11.1. The number of rotatable bonds is 13. The fourth-order valence-electron chi connectivity index (χ4n) is 1.58. The lowest BCUT2D eigenvalue weighted by Gasteiger charge is -2.18. The molecule has 8 nitrogen and oxygen atoms in total. The molecule has 0 heterocycles. The molecule has 0 fully saturated rings. The molecule has 3 N–H and O–H groups in total. The van der Waals surface area contributed by atoms with Crippen molar-refractivity contribution in [3.63, 3.8) is 0 Å². The van der Waals surface area contributed by atoms with Gasteiger partial charge in [-0.25, -0.2) is 10.2 Å². The zero-order valence-corrected chi connectivity index (χ0v) is 13.8. The first-order valence-electron chi connectivity index (χ1n) is 7.09. The Kier molecular flexibility index (Phi) is 10.7. The maximum absolute atomic E-state index is 11.1. The maximum Gasteiger partial charge on any atom is 0.333 e. The number of hydrogen-bond acceptors (Lipinski definition) is 5. The molecule has 0 aromatic carbocycles. The van der Waals surface area contributed by atoms with Crippen LogP contribution in [0.1, 0.15) is 32.6 Å². The zero-order valence-electron chi connectivity index (χ0n) is 12.9. The Morgan fingerprint density at radius 1 is 1.32 bits per heavy atom. The molecule has 0 saturated heterocycles. The fourth-order valence-corrected chi connectivity index (χ4v) is 2.21. The van der Waals surface area contributed by atoms with Gasteiger partial charge in [0.25, 0.3) is 0 Å². The molecule has 0 atom stereocenters. The van der Waals surface area contributed by atoms with Gasteiger partial charge in [-0.1, -0.05) is 19.4 Å². The van der Waals surface area contributed by atoms with Crippen molar-refractivity contribution in [1.29, 1.82) is 0 Å². The van der Waals surface area contributed by atoms with E-state index in [1.165, 1.54) is 5.01 Å². The first-order valence-corrected chi connectivity index (χ1v) is 8.88. The van der Waals surface area contributed by atoms with Crippen molar-refractivity contribution in [3.05, 3.63) is 12.2 Å². The van der Waals surface area contributed by atoms with Crippen LogP contribution in [0.15, 0.2) is 12.2 Å². The predicted octanol–water partition coefficient (Wildman–Crippen LogP) is 0.807. The number of unbranched alkanes of at least 4 members (excludes halogenated alkanes) is 3. The lowest BCUT2D eigenvalue weighted by molar-refractivity contribution is -0.139. The summed E-state index contributed by atoms with van der Waals surface area (Å²) in [6.07, 6.45) is 3.21. The quantitative estimate of drug-likeness (QED) is 0.114. The van der Waals surface area contributed by atoms with Gasteiger partial charge in [0.15, 0.2) is 0 Å². The average molecular weight is 336 g/mol. The third-order valence-electron chi connectivity index (χ3n) is 2.72. The van der Waals surface area contributed by atoms with Gasteiger partial charge in [-0.2, -0.15) is 0 Å². The van der Waals surface area contributed by atoms with Crippen molar-refractivity contribution < 1.29 is 28.7 Å². The second-order valence-electron chi connectivity index (χ2n) is 4.93. The number of nitrogens with zero attached hydrogens (tertiary/aromatic N) is 1. The van der Waals surface area contributed by atoms with Crippen LogP contribution in [0.25, 0.3) is 0 Å². The molecule has 0 aromatic rings. The summed E-state index contributed by atoms with van der Waals surface area (Å²) in [6, 6.07) is 0. The van der Waals surface area contributed by atoms with Gasteiger partial charge in [-0.05, 0) is 19.8 Å². The molecule has 0 spiro atoms. The van der Waals surface area contributed by atoms with Crippen molar-refractivity contribution in [2.75, 3.05) is 25.9 Å². The number of esters is 1. The first kappa shape index (κ1) is 20.8. The van der Waals surface area contributed by atoms with Gasteiger partial charge in [-0.15, -0.1) is 0 Å². The van der Waals surface area contributed by atoms with Crippen molar-refractivity contribution in [2.45, 2.75) is 32.6 Å². The molecule has 1 amide bonds. The Hall–Kier alpha value is -1.21. The number of amides is 1. The Labute approximate surface area is 130 Å². The van der Waals surface area contributed by atoms with Crippen LogP contribution >= 0.6 is 7.60 Å². The zero-order chi connectivity index (χ0) is 17.0. The van der Waals surface area contributed by atoms with E-state index in [4.69, 9.17) is 14.5 Å². The van der Waals surface area contributed by atoms with E-state index in [2.05, 4.69) is 12.0 Å². The topological polar surface area (TPSA) is 116 Å². The van der Waals surface area contributed by atoms with E-state index >= 15 is 0 Å². The largest absolute Gasteiger partial charge is 0.461 e. The average Bonchev–Trinajstić information content (AvgIpc) is 2.43. The third kappa shape index (κ3) is 12.5. The normalized spacial score (nSPS) is 11.0. The highest BCUT2D eigenvalue weighted by Crippen LogP contribution is 2.35. The molecule has 0 aliphatic rings. The molecule has 0 radical (unpaired) electrons. The fraction of sp³-hybridized carbons (Fsp3) is 0.692. The molecule has 0 saturated carbocycles. The van der Waals surface area contributed by atoms with Crippen LogP contribution in [0.2, 0.25) is 0 Å². The van der Waals surface area contributed by atoms with Gasteiger partial charge in [0.05, 0.1) is 0 Å². The van der Waals surface area contributed by atoms with E-state index in [1.54, 1.807) is 6.92 Å². The minimum absolute atomic E-state index is 0.100. The Morgan fingerprint density at radius 2 is 1.95 bits per heavy atom. The summed E-state index contributed by atoms with van der Waals surface area (Å²) in [5, 5.41) is 1.36. The van der Waals surface area contributed by atoms with Crippen LogP contribution in [0, 0.1) is 0 Å². The first-order chi connectivity index (χ1) is 10.3. The number of hydrogen-bond donors (Lipinski definition) is 3. The van der Waals surface area contributed by atoms with E-state index in [1.807, 2.05) is 0 Å². The van der Waals surface area contributed by atoms with Crippen LogP contribution < -0.4 is 5.43 Å². The van der Waals surface area contributed by atoms with E-state index < -0.39 is 13.6 Å². The Balaban J connectivity index is 3.63. The highest BCUT2D eigenvalue weighted by atomic mass is 31.2. The SMILES string of the molecule is C=C(C)C(=O)OCCNN(C=O)CCCCCCP(=O)(O)O. The Bertz CT molecular complexity index is 409. The van der Waals surface area contributed by atoms with Crippen molar-refractivity contribution >= 4 is 20.0 Å². The minimum atomic E-state index is -3.90. The standard InChI is InChI=1S/C13H25N2O6P/c1-12(2)13(17)21-9-7-14-15(11-16)8-5-3-4-6-10-22(18,19)20/h11,14H,1,3-10H2,2H3,(H2,18,19,20). The molecular formula is C13H25N2O6P. The van der Waals surface area contributed by atoms with Gasteiger partial charge in [0.2, 0.25) is 6.41 Å². The summed E-state index contributed by atoms with van der Waals surface area (Å²) in [5.74, 6) is -0.468. The lowest BCUT2D eigenvalue weighted by atomic mass is 10.2. The monoisotopic (exact) mass is 336 g/mol. The highest BCUT2D eigenvalue weighted by molar-refractivity contribution is 7.51. The summed E-state index contributed by atoms with van der Waals surface area (Å²) >= 11 is 0. The molecule has 0 aliphatic carbocycles. The van der Waals surface area contributed by atoms with Crippen molar-refractivity contribution in [1.82, 2.24) is 10.4 Å². The van der Waals surface area contributed by atoms with E-state index in [0.29, 0.717) is 37.9 Å². The predicted molar refractivity (Wildman–Crippen MR) is 81.9 cm³/mol. The number of nitrogens with one attached hydrogen (secondary N) is 1. The van der Waals surface area contributed by atoms with Crippen molar-refractivity contribution in [2.24, 2.45) is 0 Å². The molecule has 0 unspecified atom stereocenters. The van der Waals surface area contributed by atoms with Gasteiger partial charge in [-0.3, -0.25) is 14.4 Å². The smallest absolute Gasteiger partial charge is 0.333 e. The molecule has 0 aliphatic heterocycles. The number of hydrazine groups is 1. The lowest BCUT2D eigenvalue weighted by Crippen LogP contribution is -2.39. The van der Waals surface area contributed by atoms with Gasteiger partial charge < -0.3 is 14.5 Å². The summed E-state index contributed by atoms with van der Waals surface area (Å²) in [4.78, 5) is 39.3. The molecular weight excluding hydrogens is 311 g/mol. The second-order valence-corrected chi connectivity index (χ2v) is 6.70. The third-order valence-corrected chi connectivity index (χ3v) is 3.62. The van der Waals surface area contributed by atoms with Crippen LogP contribution in [-0.2, 0) is 18.9 Å². The highest BCUT2D eigenvalue weighted by Gasteiger charge is 2.11. The van der Waals surface area contributed by atoms with Gasteiger partial charge in [0.1, 0.15) is 6.61 Å². The summed E-state index contributed by atoms with van der Waals surface area (Å²) in [5.41, 5.74) is 3.13. The molecule has 128 valence electrons. The number of carbonyl (C=O) groups is 2. The van der Waals surface area contributed by atoms with Crippen LogP contribution in [0.3, 0.4) is 0 Å². The summed E-state index contributed by atoms with van der Waals surface area (Å²) < 4.78 is 15.5. The Morgan fingerprint density at radius 3 is 2.50 bits per heavy atom. The van der Waals surface area contributed by atoms with E-state index in [0.717, 1.165) is 12.8 Å². The molecule has 0 aromatic heterocycles. The number of carbonyl (C=O) groups excluding carboxylic acids is 2. The molecule has 0 rings (SSSR count). The van der Waals surface area contributed by atoms with Crippen LogP contribution in [0.4, 0.5) is 0 Å². The number of ether oxygens (including phenoxy) is 1. The van der Waals surface area contributed by atoms with Crippen molar-refractivity contribution in [3.8, 4) is 0 Å².